The molecule has 0 bridgehead atoms. The molecule has 0 saturated heterocycles. The predicted molar refractivity (Wildman–Crippen MR) is 176 cm³/mol. The number of aromatic nitrogens is 6. The molecule has 2 heterocycles. The van der Waals surface area contributed by atoms with E-state index in [0.29, 0.717) is 22.1 Å². The molecule has 23 heteroatoms. The Kier molecular flexibility index (Phi) is 12.7. The van der Waals surface area contributed by atoms with Gasteiger partial charge in [0.05, 0.1) is 9.79 Å². The van der Waals surface area contributed by atoms with Crippen LogP contribution >= 0.6 is 34.8 Å². The molecule has 0 aliphatic rings. The summed E-state index contributed by atoms with van der Waals surface area (Å²) in [4.78, 5) is 25.9. The third-order valence-corrected chi connectivity index (χ3v) is 9.20. The summed E-state index contributed by atoms with van der Waals surface area (Å²) in [5, 5.41) is 12.8. The van der Waals surface area contributed by atoms with Gasteiger partial charge in [0, 0.05) is 36.9 Å². The van der Waals surface area contributed by atoms with Crippen molar-refractivity contribution in [1.82, 2.24) is 29.9 Å². The van der Waals surface area contributed by atoms with Crippen molar-refractivity contribution in [2.75, 3.05) is 23.9 Å². The maximum Gasteiger partial charge on any atom is 1.00 e. The molecule has 0 saturated carbocycles. The van der Waals surface area contributed by atoms with E-state index in [9.17, 15) is 31.0 Å². The molecular formula is C28H17Cl3N8Na2O8S2. The smallest absolute Gasteiger partial charge is 0.872 e. The van der Waals surface area contributed by atoms with Crippen LogP contribution in [0, 0.1) is 0 Å². The first-order chi connectivity index (χ1) is 23.0. The molecule has 0 aliphatic heterocycles. The molecule has 1 N–H and O–H groups in total. The summed E-state index contributed by atoms with van der Waals surface area (Å²) < 4.78 is 75.0. The van der Waals surface area contributed by atoms with Crippen molar-refractivity contribution in [1.29, 1.82) is 0 Å². The zero-order chi connectivity index (χ0) is 35.4. The molecule has 0 radical (unpaired) electrons. The van der Waals surface area contributed by atoms with Crippen LogP contribution in [0.15, 0.2) is 70.5 Å². The largest absolute Gasteiger partial charge is 1.00 e. The summed E-state index contributed by atoms with van der Waals surface area (Å²) in [6, 6.07) is 13.0. The minimum Gasteiger partial charge on any atom is -0.872 e. The van der Waals surface area contributed by atoms with Gasteiger partial charge < -0.3 is 24.2 Å². The van der Waals surface area contributed by atoms with Crippen LogP contribution in [0.5, 0.6) is 17.5 Å². The van der Waals surface area contributed by atoms with Gasteiger partial charge in [-0.05, 0) is 93.4 Å². The van der Waals surface area contributed by atoms with Gasteiger partial charge in [-0.2, -0.15) is 38.3 Å². The van der Waals surface area contributed by atoms with E-state index < -0.39 is 35.8 Å². The van der Waals surface area contributed by atoms with Crippen LogP contribution in [-0.2, 0) is 20.2 Å². The van der Waals surface area contributed by atoms with Crippen LogP contribution in [0.4, 0.5) is 23.3 Å². The standard InChI is InChI=1S/C28H19Cl3N8O8S2.2Na/c1-38(26-33-23(29)32-24(30)34-26)16-4-6-20-14(8-16)10-18(49(44,45)46)12-22(20)47-28-36-25(31)35-27(37-28)39(2)15-3-5-19-13(7-15)9-17(11-21(19)40)48(41,42)43;;/h3-12,40H,1-2H3,(H,41,42,43)(H,44,45,46);;/q;2*+1/p-2. The molecule has 0 unspecified atom stereocenters. The van der Waals surface area contributed by atoms with Gasteiger partial charge >= 0.3 is 65.1 Å². The number of benzene rings is 4. The van der Waals surface area contributed by atoms with Gasteiger partial charge in [0.25, 0.3) is 10.1 Å². The quantitative estimate of drug-likeness (QED) is 0.142. The Morgan fingerprint density at radius 1 is 0.667 bits per heavy atom. The number of nitrogens with zero attached hydrogens (tertiary/aromatic N) is 8. The van der Waals surface area contributed by atoms with E-state index in [4.69, 9.17) is 39.5 Å². The zero-order valence-corrected chi connectivity index (χ0v) is 34.5. The van der Waals surface area contributed by atoms with Crippen molar-refractivity contribution < 1.29 is 94.9 Å². The fourth-order valence-corrected chi connectivity index (χ4v) is 6.26. The second kappa shape index (κ2) is 15.7. The third kappa shape index (κ3) is 9.10. The average Bonchev–Trinajstić information content (AvgIpc) is 3.01. The molecule has 51 heavy (non-hydrogen) atoms. The molecule has 4 aromatic carbocycles. The van der Waals surface area contributed by atoms with Gasteiger partial charge in [-0.15, -0.1) is 0 Å². The Morgan fingerprint density at radius 3 is 1.71 bits per heavy atom. The van der Waals surface area contributed by atoms with Gasteiger partial charge in [0.1, 0.15) is 15.9 Å². The Bertz CT molecular complexity index is 2540. The van der Waals surface area contributed by atoms with Crippen LogP contribution in [0.3, 0.4) is 0 Å². The Balaban J connectivity index is 0.00000292. The van der Waals surface area contributed by atoms with E-state index in [2.05, 4.69) is 29.9 Å². The second-order valence-corrected chi connectivity index (χ2v) is 14.0. The average molecular weight is 810 g/mol. The third-order valence-electron chi connectivity index (χ3n) is 7.05. The normalized spacial score (nSPS) is 11.5. The molecule has 6 rings (SSSR count). The first kappa shape index (κ1) is 41.1. The van der Waals surface area contributed by atoms with Crippen molar-refractivity contribution >= 4 is 99.9 Å². The van der Waals surface area contributed by atoms with Gasteiger partial charge in [-0.1, -0.05) is 17.9 Å². The summed E-state index contributed by atoms with van der Waals surface area (Å²) in [6.07, 6.45) is 0. The fraction of sp³-hybridized carbons (Fsp3) is 0.0714. The van der Waals surface area contributed by atoms with Crippen LogP contribution < -0.4 is 78.8 Å². The van der Waals surface area contributed by atoms with E-state index >= 15 is 0 Å². The molecule has 6 aromatic rings. The molecule has 0 amide bonds. The summed E-state index contributed by atoms with van der Waals surface area (Å²) in [5.41, 5.74) is 0.827. The maximum absolute atomic E-state index is 12.4. The first-order valence-corrected chi connectivity index (χ1v) is 17.3. The summed E-state index contributed by atoms with van der Waals surface area (Å²) in [6.45, 7) is 0. The van der Waals surface area contributed by atoms with Gasteiger partial charge in [-0.3, -0.25) is 4.55 Å². The SMILES string of the molecule is CN(c1ccc2c(Oc3nc(Cl)nc(N(C)c4ccc5c([O-])cc(S(=O)(=O)[O-])cc5c4)n3)cc(S(=O)(=O)O)cc2c1)c1nc(Cl)nc(Cl)n1.[Na+].[Na+]. The molecule has 0 spiro atoms. The van der Waals surface area contributed by atoms with Crippen LogP contribution in [0.1, 0.15) is 0 Å². The van der Waals surface area contributed by atoms with Crippen molar-refractivity contribution in [2.45, 2.75) is 9.79 Å². The number of anilines is 4. The van der Waals surface area contributed by atoms with E-state index in [0.717, 1.165) is 18.2 Å². The fourth-order valence-electron chi connectivity index (χ4n) is 4.70. The topological polar surface area (TPSA) is 228 Å². The van der Waals surface area contributed by atoms with Crippen molar-refractivity contribution in [2.24, 2.45) is 0 Å². The molecule has 252 valence electrons. The summed E-state index contributed by atoms with van der Waals surface area (Å²) >= 11 is 18.0. The van der Waals surface area contributed by atoms with E-state index in [1.165, 1.54) is 41.1 Å². The predicted octanol–water partition coefficient (Wildman–Crippen LogP) is -1.12. The number of fused-ring (bicyclic) bond motifs is 2. The molecule has 16 nitrogen and oxygen atoms in total. The number of rotatable bonds is 8. The summed E-state index contributed by atoms with van der Waals surface area (Å²) in [5.74, 6) is -0.712. The van der Waals surface area contributed by atoms with Crippen molar-refractivity contribution in [3.05, 3.63) is 76.5 Å². The minimum atomic E-state index is -4.90. The van der Waals surface area contributed by atoms with Crippen LogP contribution in [-0.4, -0.2) is 69.9 Å². The molecular weight excluding hydrogens is 793 g/mol. The molecule has 2 aromatic heterocycles. The number of hydrogen-bond donors (Lipinski definition) is 1. The van der Waals surface area contributed by atoms with E-state index in [-0.39, 0.29) is 109 Å². The van der Waals surface area contributed by atoms with Gasteiger partial charge in [-0.25, -0.2) is 8.42 Å². The van der Waals surface area contributed by atoms with E-state index in [1.54, 1.807) is 25.2 Å². The molecule has 0 atom stereocenters. The second-order valence-electron chi connectivity index (χ2n) is 10.2. The summed E-state index contributed by atoms with van der Waals surface area (Å²) in [7, 11) is -6.49. The van der Waals surface area contributed by atoms with Crippen molar-refractivity contribution in [3.8, 4) is 17.5 Å². The monoisotopic (exact) mass is 808 g/mol. The molecule has 0 fully saturated rings. The number of hydrogen-bond acceptors (Lipinski definition) is 15. The minimum absolute atomic E-state index is 0. The Hall–Kier alpha value is -2.69. The van der Waals surface area contributed by atoms with Crippen LogP contribution in [0.2, 0.25) is 15.9 Å². The van der Waals surface area contributed by atoms with Gasteiger partial charge in [0.15, 0.2) is 0 Å². The number of halogens is 3. The van der Waals surface area contributed by atoms with Gasteiger partial charge in [0.2, 0.25) is 27.7 Å². The Morgan fingerprint density at radius 2 is 1.16 bits per heavy atom. The number of ether oxygens (including phenoxy) is 1. The maximum atomic E-state index is 12.4. The first-order valence-electron chi connectivity index (χ1n) is 13.4. The van der Waals surface area contributed by atoms with Crippen LogP contribution in [0.25, 0.3) is 21.5 Å². The van der Waals surface area contributed by atoms with Crippen molar-refractivity contribution in [3.63, 3.8) is 0 Å². The molecule has 0 aliphatic carbocycles. The van der Waals surface area contributed by atoms with E-state index in [1.807, 2.05) is 0 Å². The zero-order valence-electron chi connectivity index (χ0n) is 26.6. The Labute approximate surface area is 348 Å².